The molecule has 0 fully saturated rings. The van der Waals surface area contributed by atoms with Crippen molar-refractivity contribution < 1.29 is 4.57 Å². The van der Waals surface area contributed by atoms with Gasteiger partial charge in [-0.2, -0.15) is 4.57 Å². The molecule has 3 aromatic rings. The molecule has 0 N–H and O–H groups in total. The molecule has 2 heteroatoms. The Morgan fingerprint density at radius 2 is 1.65 bits per heavy atom. The Bertz CT molecular complexity index is 739. The molecule has 3 rings (SSSR count). The van der Waals surface area contributed by atoms with Gasteiger partial charge in [-0.25, -0.2) is 4.57 Å². The van der Waals surface area contributed by atoms with Gasteiger partial charge >= 0.3 is 0 Å². The molecule has 0 saturated heterocycles. The fourth-order valence-electron chi connectivity index (χ4n) is 2.59. The van der Waals surface area contributed by atoms with E-state index in [1.807, 2.05) is 6.07 Å². The lowest BCUT2D eigenvalue weighted by Gasteiger charge is -2.07. The zero-order valence-corrected chi connectivity index (χ0v) is 12.2. The summed E-state index contributed by atoms with van der Waals surface area (Å²) in [6.45, 7) is 4.35. The van der Waals surface area contributed by atoms with Crippen LogP contribution in [0.15, 0.2) is 60.9 Å². The van der Waals surface area contributed by atoms with E-state index in [1.165, 1.54) is 28.2 Å². The molecule has 0 radical (unpaired) electrons. The molecule has 2 aromatic carbocycles. The number of hydrogen-bond donors (Lipinski definition) is 0. The van der Waals surface area contributed by atoms with E-state index in [9.17, 15) is 0 Å². The molecule has 0 amide bonds. The maximum Gasteiger partial charge on any atom is 0.294 e. The molecule has 1 heterocycles. The van der Waals surface area contributed by atoms with Crippen LogP contribution in [0.2, 0.25) is 0 Å². The summed E-state index contributed by atoms with van der Waals surface area (Å²) in [6, 6.07) is 16.9. The molecule has 0 aliphatic rings. The lowest BCUT2D eigenvalue weighted by molar-refractivity contribution is -0.659. The van der Waals surface area contributed by atoms with Crippen molar-refractivity contribution in [2.24, 2.45) is 7.05 Å². The van der Waals surface area contributed by atoms with Gasteiger partial charge in [0.15, 0.2) is 0 Å². The lowest BCUT2D eigenvalue weighted by atomic mass is 10.0. The summed E-state index contributed by atoms with van der Waals surface area (Å²) in [4.78, 5) is 0. The minimum atomic E-state index is 1.18. The van der Waals surface area contributed by atoms with Crippen molar-refractivity contribution in [3.63, 3.8) is 0 Å². The zero-order chi connectivity index (χ0) is 14.1. The Kier molecular flexibility index (Phi) is 3.15. The van der Waals surface area contributed by atoms with Crippen LogP contribution < -0.4 is 4.57 Å². The minimum absolute atomic E-state index is 1.18. The van der Waals surface area contributed by atoms with E-state index in [1.54, 1.807) is 0 Å². The van der Waals surface area contributed by atoms with Gasteiger partial charge in [-0.15, -0.1) is 0 Å². The van der Waals surface area contributed by atoms with Gasteiger partial charge in [0.25, 0.3) is 5.82 Å². The maximum absolute atomic E-state index is 2.24. The van der Waals surface area contributed by atoms with Crippen LogP contribution in [0.1, 0.15) is 11.1 Å². The third kappa shape index (κ3) is 2.03. The topological polar surface area (TPSA) is 8.81 Å². The van der Waals surface area contributed by atoms with E-state index in [-0.39, 0.29) is 0 Å². The van der Waals surface area contributed by atoms with Crippen LogP contribution in [0.25, 0.3) is 17.1 Å². The number of benzene rings is 2. The van der Waals surface area contributed by atoms with Crippen molar-refractivity contribution in [1.82, 2.24) is 4.57 Å². The highest BCUT2D eigenvalue weighted by molar-refractivity contribution is 5.62. The van der Waals surface area contributed by atoms with Crippen molar-refractivity contribution in [2.75, 3.05) is 0 Å². The summed E-state index contributed by atoms with van der Waals surface area (Å²) in [5, 5.41) is 0. The van der Waals surface area contributed by atoms with Gasteiger partial charge in [0.2, 0.25) is 0 Å². The second kappa shape index (κ2) is 4.97. The lowest BCUT2D eigenvalue weighted by Crippen LogP contribution is -2.29. The first-order valence-electron chi connectivity index (χ1n) is 6.87. The number of para-hydroxylation sites is 1. The van der Waals surface area contributed by atoms with Crippen LogP contribution in [0.3, 0.4) is 0 Å². The number of hydrogen-bond acceptors (Lipinski definition) is 0. The summed E-state index contributed by atoms with van der Waals surface area (Å²) >= 11 is 0. The van der Waals surface area contributed by atoms with Gasteiger partial charge in [-0.1, -0.05) is 30.3 Å². The van der Waals surface area contributed by atoms with Crippen LogP contribution in [0.4, 0.5) is 0 Å². The SMILES string of the molecule is Cc1cccc(-c2n(-c3ccccc3)cc[n+]2C)c1C. The highest BCUT2D eigenvalue weighted by atomic mass is 15.1. The van der Waals surface area contributed by atoms with Crippen LogP contribution in [0.5, 0.6) is 0 Å². The average Bonchev–Trinajstić information content (AvgIpc) is 2.85. The second-order valence-electron chi connectivity index (χ2n) is 5.19. The molecule has 0 aliphatic heterocycles. The quantitative estimate of drug-likeness (QED) is 0.625. The molecule has 0 aliphatic carbocycles. The van der Waals surface area contributed by atoms with E-state index >= 15 is 0 Å². The minimum Gasteiger partial charge on any atom is -0.232 e. The van der Waals surface area contributed by atoms with E-state index in [4.69, 9.17) is 0 Å². The molecule has 0 saturated carbocycles. The smallest absolute Gasteiger partial charge is 0.232 e. The zero-order valence-electron chi connectivity index (χ0n) is 12.2. The van der Waals surface area contributed by atoms with Gasteiger partial charge in [-0.3, -0.25) is 0 Å². The number of rotatable bonds is 2. The molecular weight excluding hydrogens is 244 g/mol. The number of aryl methyl sites for hydroxylation is 2. The second-order valence-corrected chi connectivity index (χ2v) is 5.19. The normalized spacial score (nSPS) is 10.8. The molecule has 0 unspecified atom stereocenters. The van der Waals surface area contributed by atoms with Gasteiger partial charge in [0.1, 0.15) is 18.1 Å². The maximum atomic E-state index is 2.24. The summed E-state index contributed by atoms with van der Waals surface area (Å²) in [7, 11) is 2.09. The van der Waals surface area contributed by atoms with Crippen molar-refractivity contribution in [3.05, 3.63) is 72.1 Å². The summed E-state index contributed by atoms with van der Waals surface area (Å²) in [6.07, 6.45) is 4.22. The first-order valence-corrected chi connectivity index (χ1v) is 6.87. The largest absolute Gasteiger partial charge is 0.294 e. The molecular formula is C18H19N2+. The van der Waals surface area contributed by atoms with Crippen LogP contribution >= 0.6 is 0 Å². The molecule has 0 spiro atoms. The van der Waals surface area contributed by atoms with Crippen LogP contribution in [-0.2, 0) is 7.05 Å². The van der Waals surface area contributed by atoms with E-state index in [0.717, 1.165) is 0 Å². The van der Waals surface area contributed by atoms with E-state index in [2.05, 4.69) is 84.9 Å². The molecule has 100 valence electrons. The van der Waals surface area contributed by atoms with Gasteiger partial charge < -0.3 is 0 Å². The standard InChI is InChI=1S/C18H19N2/c1-14-8-7-11-17(15(14)2)18-19(3)12-13-20(18)16-9-5-4-6-10-16/h4-13H,1-3H3/q+1. The predicted octanol–water partition coefficient (Wildman–Crippen LogP) is 3.59. The average molecular weight is 263 g/mol. The fourth-order valence-corrected chi connectivity index (χ4v) is 2.59. The van der Waals surface area contributed by atoms with Crippen LogP contribution in [0, 0.1) is 13.8 Å². The van der Waals surface area contributed by atoms with Crippen molar-refractivity contribution in [3.8, 4) is 17.1 Å². The van der Waals surface area contributed by atoms with Gasteiger partial charge in [0.05, 0.1) is 12.6 Å². The number of nitrogens with zero attached hydrogens (tertiary/aromatic N) is 2. The molecule has 20 heavy (non-hydrogen) atoms. The Labute approximate surface area is 119 Å². The van der Waals surface area contributed by atoms with E-state index in [0.29, 0.717) is 0 Å². The third-order valence-electron chi connectivity index (χ3n) is 3.88. The molecule has 0 atom stereocenters. The van der Waals surface area contributed by atoms with Crippen molar-refractivity contribution in [1.29, 1.82) is 0 Å². The Morgan fingerprint density at radius 1 is 0.900 bits per heavy atom. The summed E-state index contributed by atoms with van der Waals surface area (Å²) in [5.41, 5.74) is 5.12. The number of imidazole rings is 1. The molecule has 2 nitrogen and oxygen atoms in total. The van der Waals surface area contributed by atoms with Crippen molar-refractivity contribution in [2.45, 2.75) is 13.8 Å². The first-order chi connectivity index (χ1) is 9.68. The highest BCUT2D eigenvalue weighted by Crippen LogP contribution is 2.25. The summed E-state index contributed by atoms with van der Waals surface area (Å²) in [5.74, 6) is 1.21. The fraction of sp³-hybridized carbons (Fsp3) is 0.167. The number of aromatic nitrogens is 2. The first kappa shape index (κ1) is 12.7. The monoisotopic (exact) mass is 263 g/mol. The highest BCUT2D eigenvalue weighted by Gasteiger charge is 2.20. The van der Waals surface area contributed by atoms with Gasteiger partial charge in [0, 0.05) is 0 Å². The Hall–Kier alpha value is -2.35. The van der Waals surface area contributed by atoms with E-state index < -0.39 is 0 Å². The Morgan fingerprint density at radius 3 is 2.40 bits per heavy atom. The van der Waals surface area contributed by atoms with Crippen molar-refractivity contribution >= 4 is 0 Å². The van der Waals surface area contributed by atoms with Crippen LogP contribution in [-0.4, -0.2) is 4.57 Å². The Balaban J connectivity index is 2.25. The molecule has 1 aromatic heterocycles. The molecule has 0 bridgehead atoms. The third-order valence-corrected chi connectivity index (χ3v) is 3.88. The van der Waals surface area contributed by atoms with Gasteiger partial charge in [-0.05, 0) is 43.2 Å². The summed E-state index contributed by atoms with van der Waals surface area (Å²) < 4.78 is 4.41. The predicted molar refractivity (Wildman–Crippen MR) is 81.9 cm³/mol.